The van der Waals surface area contributed by atoms with E-state index in [0.29, 0.717) is 6.10 Å². The molecule has 2 aromatic carbocycles. The van der Waals surface area contributed by atoms with Crippen LogP contribution in [-0.4, -0.2) is 18.1 Å². The van der Waals surface area contributed by atoms with E-state index in [2.05, 4.69) is 5.32 Å². The molecule has 0 spiro atoms. The summed E-state index contributed by atoms with van der Waals surface area (Å²) in [5, 5.41) is 2.90. The van der Waals surface area contributed by atoms with E-state index in [9.17, 15) is 4.79 Å². The molecular weight excluding hydrogens is 326 g/mol. The first kappa shape index (κ1) is 18.3. The van der Waals surface area contributed by atoms with Crippen LogP contribution in [0.1, 0.15) is 43.7 Å². The van der Waals surface area contributed by atoms with Crippen molar-refractivity contribution < 1.29 is 14.3 Å². The van der Waals surface area contributed by atoms with E-state index in [0.717, 1.165) is 41.2 Å². The van der Waals surface area contributed by atoms with Gasteiger partial charge in [-0.25, -0.2) is 0 Å². The third-order valence-electron chi connectivity index (χ3n) is 4.74. The number of nitrogens with one attached hydrogen (secondary N) is 1. The second kappa shape index (κ2) is 8.26. The predicted molar refractivity (Wildman–Crippen MR) is 104 cm³/mol. The molecule has 1 N–H and O–H groups in total. The number of benzene rings is 2. The van der Waals surface area contributed by atoms with Crippen LogP contribution in [0.15, 0.2) is 42.5 Å². The number of aryl methyl sites for hydroxylation is 2. The van der Waals surface area contributed by atoms with Crippen molar-refractivity contribution in [1.82, 2.24) is 0 Å². The maximum atomic E-state index is 12.4. The van der Waals surface area contributed by atoms with E-state index >= 15 is 0 Å². The van der Waals surface area contributed by atoms with Gasteiger partial charge in [0.1, 0.15) is 11.5 Å². The Balaban J connectivity index is 1.55. The highest BCUT2D eigenvalue weighted by Gasteiger charge is 2.18. The third kappa shape index (κ3) is 4.78. The Morgan fingerprint density at radius 1 is 1.08 bits per heavy atom. The largest absolute Gasteiger partial charge is 0.490 e. The smallest absolute Gasteiger partial charge is 0.265 e. The van der Waals surface area contributed by atoms with E-state index in [4.69, 9.17) is 9.47 Å². The second-order valence-corrected chi connectivity index (χ2v) is 7.07. The molecule has 1 saturated carbocycles. The standard InChI is InChI=1S/C22H27NO3/c1-15-8-9-16(2)21(14-15)25-17(3)22(24)23-18-10-12-20(13-11-18)26-19-6-4-5-7-19/h8-14,17,19H,4-7H2,1-3H3,(H,23,24)/t17-/m1/s1. The molecule has 0 aliphatic heterocycles. The SMILES string of the molecule is Cc1ccc(C)c(O[C@H](C)C(=O)Nc2ccc(OC3CCCC3)cc2)c1. The molecule has 0 radical (unpaired) electrons. The molecule has 0 heterocycles. The van der Waals surface area contributed by atoms with E-state index in [-0.39, 0.29) is 5.91 Å². The van der Waals surface area contributed by atoms with Gasteiger partial charge in [0.15, 0.2) is 6.10 Å². The number of hydrogen-bond donors (Lipinski definition) is 1. The molecular formula is C22H27NO3. The first-order chi connectivity index (χ1) is 12.5. The fourth-order valence-corrected chi connectivity index (χ4v) is 3.14. The summed E-state index contributed by atoms with van der Waals surface area (Å²) in [7, 11) is 0. The summed E-state index contributed by atoms with van der Waals surface area (Å²) >= 11 is 0. The van der Waals surface area contributed by atoms with Gasteiger partial charge < -0.3 is 14.8 Å². The van der Waals surface area contributed by atoms with Crippen molar-refractivity contribution in [3.05, 3.63) is 53.6 Å². The van der Waals surface area contributed by atoms with Gasteiger partial charge in [-0.15, -0.1) is 0 Å². The molecule has 0 unspecified atom stereocenters. The van der Waals surface area contributed by atoms with Crippen molar-refractivity contribution in [3.63, 3.8) is 0 Å². The van der Waals surface area contributed by atoms with Crippen LogP contribution in [0.2, 0.25) is 0 Å². The molecule has 1 fully saturated rings. The van der Waals surface area contributed by atoms with Gasteiger partial charge in [0.25, 0.3) is 5.91 Å². The Morgan fingerprint density at radius 3 is 2.46 bits per heavy atom. The van der Waals surface area contributed by atoms with Crippen LogP contribution in [0.3, 0.4) is 0 Å². The summed E-state index contributed by atoms with van der Waals surface area (Å²) in [6, 6.07) is 13.5. The van der Waals surface area contributed by atoms with Gasteiger partial charge >= 0.3 is 0 Å². The van der Waals surface area contributed by atoms with Crippen molar-refractivity contribution in [1.29, 1.82) is 0 Å². The van der Waals surface area contributed by atoms with Gasteiger partial charge in [-0.2, -0.15) is 0 Å². The van der Waals surface area contributed by atoms with Crippen molar-refractivity contribution in [2.45, 2.75) is 58.7 Å². The molecule has 0 aromatic heterocycles. The lowest BCUT2D eigenvalue weighted by atomic mass is 10.1. The molecule has 1 amide bonds. The average Bonchev–Trinajstić information content (AvgIpc) is 3.13. The molecule has 0 saturated heterocycles. The molecule has 138 valence electrons. The minimum atomic E-state index is -0.579. The summed E-state index contributed by atoms with van der Waals surface area (Å²) in [5.41, 5.74) is 2.87. The minimum absolute atomic E-state index is 0.171. The van der Waals surface area contributed by atoms with Gasteiger partial charge in [-0.3, -0.25) is 4.79 Å². The molecule has 4 nitrogen and oxygen atoms in total. The van der Waals surface area contributed by atoms with Gasteiger partial charge in [0.2, 0.25) is 0 Å². The lowest BCUT2D eigenvalue weighted by molar-refractivity contribution is -0.122. The Labute approximate surface area is 155 Å². The zero-order chi connectivity index (χ0) is 18.5. The number of rotatable bonds is 6. The second-order valence-electron chi connectivity index (χ2n) is 7.07. The summed E-state index contributed by atoms with van der Waals surface area (Å²) in [6.07, 6.45) is 4.51. The van der Waals surface area contributed by atoms with Crippen LogP contribution in [-0.2, 0) is 4.79 Å². The van der Waals surface area contributed by atoms with Crippen LogP contribution >= 0.6 is 0 Å². The maximum Gasteiger partial charge on any atom is 0.265 e. The molecule has 3 rings (SSSR count). The Bertz CT molecular complexity index is 748. The minimum Gasteiger partial charge on any atom is -0.490 e. The fourth-order valence-electron chi connectivity index (χ4n) is 3.14. The van der Waals surface area contributed by atoms with Crippen molar-refractivity contribution in [3.8, 4) is 11.5 Å². The van der Waals surface area contributed by atoms with Crippen molar-refractivity contribution in [2.24, 2.45) is 0 Å². The highest BCUT2D eigenvalue weighted by atomic mass is 16.5. The van der Waals surface area contributed by atoms with Gasteiger partial charge in [-0.1, -0.05) is 12.1 Å². The first-order valence-corrected chi connectivity index (χ1v) is 9.33. The monoisotopic (exact) mass is 353 g/mol. The number of carbonyl (C=O) groups excluding carboxylic acids is 1. The van der Waals surface area contributed by atoms with Gasteiger partial charge in [0, 0.05) is 5.69 Å². The summed E-state index contributed by atoms with van der Waals surface area (Å²) in [4.78, 5) is 12.4. The zero-order valence-electron chi connectivity index (χ0n) is 15.7. The lowest BCUT2D eigenvalue weighted by Crippen LogP contribution is -2.30. The highest BCUT2D eigenvalue weighted by Crippen LogP contribution is 2.25. The normalized spacial score (nSPS) is 15.5. The number of ether oxygens (including phenoxy) is 2. The van der Waals surface area contributed by atoms with Crippen LogP contribution < -0.4 is 14.8 Å². The fraction of sp³-hybridized carbons (Fsp3) is 0.409. The van der Waals surface area contributed by atoms with Crippen molar-refractivity contribution in [2.75, 3.05) is 5.32 Å². The average molecular weight is 353 g/mol. The quantitative estimate of drug-likeness (QED) is 0.792. The third-order valence-corrected chi connectivity index (χ3v) is 4.74. The highest BCUT2D eigenvalue weighted by molar-refractivity contribution is 5.94. The van der Waals surface area contributed by atoms with E-state index in [1.165, 1.54) is 12.8 Å². The summed E-state index contributed by atoms with van der Waals surface area (Å²) in [6.45, 7) is 5.74. The molecule has 0 bridgehead atoms. The number of carbonyl (C=O) groups is 1. The summed E-state index contributed by atoms with van der Waals surface area (Å²) < 4.78 is 11.8. The number of anilines is 1. The van der Waals surface area contributed by atoms with Crippen LogP contribution in [0.25, 0.3) is 0 Å². The predicted octanol–water partition coefficient (Wildman–Crippen LogP) is 5.03. The lowest BCUT2D eigenvalue weighted by Gasteiger charge is -2.17. The van der Waals surface area contributed by atoms with Gasteiger partial charge in [0.05, 0.1) is 6.10 Å². The zero-order valence-corrected chi connectivity index (χ0v) is 15.7. The van der Waals surface area contributed by atoms with Gasteiger partial charge in [-0.05, 0) is 87.9 Å². The maximum absolute atomic E-state index is 12.4. The molecule has 1 atom stereocenters. The summed E-state index contributed by atoms with van der Waals surface area (Å²) in [5.74, 6) is 1.43. The Hall–Kier alpha value is -2.49. The topological polar surface area (TPSA) is 47.6 Å². The first-order valence-electron chi connectivity index (χ1n) is 9.33. The van der Waals surface area contributed by atoms with Crippen LogP contribution in [0, 0.1) is 13.8 Å². The molecule has 4 heteroatoms. The van der Waals surface area contributed by atoms with E-state index in [1.54, 1.807) is 6.92 Å². The van der Waals surface area contributed by atoms with Crippen molar-refractivity contribution >= 4 is 11.6 Å². The molecule has 1 aliphatic rings. The Morgan fingerprint density at radius 2 is 1.77 bits per heavy atom. The molecule has 26 heavy (non-hydrogen) atoms. The van der Waals surface area contributed by atoms with Crippen LogP contribution in [0.5, 0.6) is 11.5 Å². The number of hydrogen-bond acceptors (Lipinski definition) is 3. The Kier molecular flexibility index (Phi) is 5.82. The number of amides is 1. The van der Waals surface area contributed by atoms with E-state index < -0.39 is 6.10 Å². The molecule has 1 aliphatic carbocycles. The van der Waals surface area contributed by atoms with Crippen LogP contribution in [0.4, 0.5) is 5.69 Å². The molecule has 2 aromatic rings. The van der Waals surface area contributed by atoms with E-state index in [1.807, 2.05) is 56.3 Å².